The lowest BCUT2D eigenvalue weighted by Gasteiger charge is -2.06. The highest BCUT2D eigenvalue weighted by molar-refractivity contribution is 5.69. The van der Waals surface area contributed by atoms with Crippen LogP contribution >= 0.6 is 0 Å². The monoisotopic (exact) mass is 507 g/mol. The number of allylic oxidation sites excluding steroid dienone is 2. The summed E-state index contributed by atoms with van der Waals surface area (Å²) in [6.45, 7) is 7.54. The van der Waals surface area contributed by atoms with Crippen molar-refractivity contribution in [2.24, 2.45) is 5.92 Å². The summed E-state index contributed by atoms with van der Waals surface area (Å²) in [6, 6.07) is 0. The van der Waals surface area contributed by atoms with E-state index in [-0.39, 0.29) is 5.97 Å². The Morgan fingerprint density at radius 2 is 0.972 bits per heavy atom. The largest absolute Gasteiger partial charge is 0.466 e. The van der Waals surface area contributed by atoms with Crippen LogP contribution in [0.1, 0.15) is 188 Å². The van der Waals surface area contributed by atoms with Crippen molar-refractivity contribution in [3.63, 3.8) is 0 Å². The normalized spacial score (nSPS) is 11.7. The van der Waals surface area contributed by atoms with E-state index < -0.39 is 0 Å². The number of unbranched alkanes of at least 4 members (excludes halogenated alkanes) is 21. The number of hydrogen-bond acceptors (Lipinski definition) is 2. The van der Waals surface area contributed by atoms with Crippen molar-refractivity contribution in [1.82, 2.24) is 0 Å². The zero-order valence-corrected chi connectivity index (χ0v) is 25.1. The lowest BCUT2D eigenvalue weighted by Crippen LogP contribution is -2.05. The Kier molecular flexibility index (Phi) is 29.8. The van der Waals surface area contributed by atoms with Gasteiger partial charge in [-0.3, -0.25) is 4.79 Å². The van der Waals surface area contributed by atoms with Crippen LogP contribution in [-0.2, 0) is 9.53 Å². The van der Waals surface area contributed by atoms with Gasteiger partial charge in [-0.05, 0) is 44.4 Å². The highest BCUT2D eigenvalue weighted by Crippen LogP contribution is 2.14. The maximum absolute atomic E-state index is 11.9. The van der Waals surface area contributed by atoms with Crippen molar-refractivity contribution in [1.29, 1.82) is 0 Å². The van der Waals surface area contributed by atoms with Crippen LogP contribution in [-0.4, -0.2) is 12.6 Å². The highest BCUT2D eigenvalue weighted by Gasteiger charge is 2.02. The van der Waals surface area contributed by atoms with Crippen molar-refractivity contribution in [3.05, 3.63) is 12.2 Å². The van der Waals surface area contributed by atoms with E-state index in [9.17, 15) is 4.79 Å². The van der Waals surface area contributed by atoms with E-state index in [4.69, 9.17) is 4.74 Å². The molecule has 0 saturated heterocycles. The smallest absolute Gasteiger partial charge is 0.305 e. The van der Waals surface area contributed by atoms with Gasteiger partial charge < -0.3 is 4.74 Å². The van der Waals surface area contributed by atoms with Gasteiger partial charge in [0, 0.05) is 6.42 Å². The Bertz CT molecular complexity index is 454. The molecule has 2 heteroatoms. The Balaban J connectivity index is 3.20. The Morgan fingerprint density at radius 1 is 0.556 bits per heavy atom. The number of esters is 1. The van der Waals surface area contributed by atoms with Crippen LogP contribution < -0.4 is 0 Å². The molecule has 0 aromatic heterocycles. The van der Waals surface area contributed by atoms with Gasteiger partial charge in [0.1, 0.15) is 0 Å². The lowest BCUT2D eigenvalue weighted by molar-refractivity contribution is -0.143. The molecule has 0 aromatic rings. The van der Waals surface area contributed by atoms with Crippen LogP contribution in [0.2, 0.25) is 0 Å². The minimum Gasteiger partial charge on any atom is -0.466 e. The van der Waals surface area contributed by atoms with Crippen LogP contribution in [0, 0.1) is 5.92 Å². The average Bonchev–Trinajstić information content (AvgIpc) is 2.86. The minimum absolute atomic E-state index is 0.0177. The van der Waals surface area contributed by atoms with E-state index in [1.165, 1.54) is 148 Å². The molecule has 0 heterocycles. The fraction of sp³-hybridized carbons (Fsp3) is 0.912. The van der Waals surface area contributed by atoms with E-state index >= 15 is 0 Å². The molecule has 0 atom stereocenters. The maximum atomic E-state index is 11.9. The molecule has 0 fully saturated rings. The molecule has 0 radical (unpaired) electrons. The SMILES string of the molecule is CCCCCCCCC=CCCCCCCCCCC(=O)OCCCCCCCCCCCC(C)C. The molecule has 0 N–H and O–H groups in total. The molecule has 0 aromatic carbocycles. The zero-order chi connectivity index (χ0) is 26.4. The van der Waals surface area contributed by atoms with Crippen LogP contribution in [0.4, 0.5) is 0 Å². The lowest BCUT2D eigenvalue weighted by atomic mass is 10.0. The van der Waals surface area contributed by atoms with Crippen LogP contribution in [0.5, 0.6) is 0 Å². The quantitative estimate of drug-likeness (QED) is 0.0572. The van der Waals surface area contributed by atoms with Crippen LogP contribution in [0.25, 0.3) is 0 Å². The van der Waals surface area contributed by atoms with Crippen molar-refractivity contribution in [3.8, 4) is 0 Å². The first-order chi connectivity index (χ1) is 17.7. The minimum atomic E-state index is 0.0177. The number of rotatable bonds is 29. The molecule has 214 valence electrons. The molecule has 2 nitrogen and oxygen atoms in total. The zero-order valence-electron chi connectivity index (χ0n) is 25.1. The average molecular weight is 507 g/mol. The Morgan fingerprint density at radius 3 is 1.47 bits per heavy atom. The molecule has 0 saturated carbocycles. The molecule has 0 amide bonds. The third-order valence-electron chi connectivity index (χ3n) is 7.33. The standard InChI is InChI=1S/C34H66O2/c1-4-5-6-7-8-9-10-11-12-13-14-15-16-19-22-25-28-31-34(35)36-32-29-26-23-20-17-18-21-24-27-30-33(2)3/h11-12,33H,4-10,13-32H2,1-3H3. The second-order valence-electron chi connectivity index (χ2n) is 11.6. The third kappa shape index (κ3) is 31.2. The highest BCUT2D eigenvalue weighted by atomic mass is 16.5. The second kappa shape index (κ2) is 30.4. The summed E-state index contributed by atoms with van der Waals surface area (Å²) in [6.07, 6.45) is 38.3. The van der Waals surface area contributed by atoms with E-state index in [1.54, 1.807) is 0 Å². The first kappa shape index (κ1) is 35.2. The van der Waals surface area contributed by atoms with Gasteiger partial charge in [0.2, 0.25) is 0 Å². The molecule has 0 bridgehead atoms. The maximum Gasteiger partial charge on any atom is 0.305 e. The fourth-order valence-electron chi connectivity index (χ4n) is 4.84. The Hall–Kier alpha value is -0.790. The second-order valence-corrected chi connectivity index (χ2v) is 11.6. The molecule has 0 rings (SSSR count). The van der Waals surface area contributed by atoms with Crippen molar-refractivity contribution >= 4 is 5.97 Å². The summed E-state index contributed by atoms with van der Waals surface area (Å²) < 4.78 is 5.42. The molecule has 0 aliphatic carbocycles. The summed E-state index contributed by atoms with van der Waals surface area (Å²) in [5.41, 5.74) is 0. The van der Waals surface area contributed by atoms with Crippen molar-refractivity contribution < 1.29 is 9.53 Å². The van der Waals surface area contributed by atoms with Crippen molar-refractivity contribution in [2.75, 3.05) is 6.61 Å². The molecular weight excluding hydrogens is 440 g/mol. The van der Waals surface area contributed by atoms with E-state index in [0.717, 1.165) is 18.8 Å². The molecule has 36 heavy (non-hydrogen) atoms. The van der Waals surface area contributed by atoms with Gasteiger partial charge in [-0.25, -0.2) is 0 Å². The summed E-state index contributed by atoms with van der Waals surface area (Å²) in [5, 5.41) is 0. The topological polar surface area (TPSA) is 26.3 Å². The first-order valence-electron chi connectivity index (χ1n) is 16.5. The Labute approximate surface area is 227 Å². The van der Waals surface area contributed by atoms with Gasteiger partial charge >= 0.3 is 5.97 Å². The molecule has 0 spiro atoms. The van der Waals surface area contributed by atoms with Crippen LogP contribution in [0.15, 0.2) is 12.2 Å². The summed E-state index contributed by atoms with van der Waals surface area (Å²) in [7, 11) is 0. The van der Waals surface area contributed by atoms with E-state index in [2.05, 4.69) is 32.9 Å². The van der Waals surface area contributed by atoms with Crippen LogP contribution in [0.3, 0.4) is 0 Å². The predicted molar refractivity (Wildman–Crippen MR) is 161 cm³/mol. The number of carbonyl (C=O) groups is 1. The van der Waals surface area contributed by atoms with Gasteiger partial charge in [0.05, 0.1) is 6.61 Å². The number of carbonyl (C=O) groups excluding carboxylic acids is 1. The molecule has 0 aliphatic rings. The number of ether oxygens (including phenoxy) is 1. The van der Waals surface area contributed by atoms with Crippen molar-refractivity contribution in [2.45, 2.75) is 188 Å². The van der Waals surface area contributed by atoms with E-state index in [1.807, 2.05) is 0 Å². The van der Waals surface area contributed by atoms with Gasteiger partial charge in [-0.2, -0.15) is 0 Å². The summed E-state index contributed by atoms with van der Waals surface area (Å²) in [5.74, 6) is 0.875. The first-order valence-corrected chi connectivity index (χ1v) is 16.5. The predicted octanol–water partition coefficient (Wildman–Crippen LogP) is 11.9. The number of hydrogen-bond donors (Lipinski definition) is 0. The van der Waals surface area contributed by atoms with Gasteiger partial charge in [0.25, 0.3) is 0 Å². The third-order valence-corrected chi connectivity index (χ3v) is 7.33. The van der Waals surface area contributed by atoms with Gasteiger partial charge in [-0.15, -0.1) is 0 Å². The van der Waals surface area contributed by atoms with E-state index in [0.29, 0.717) is 13.0 Å². The summed E-state index contributed by atoms with van der Waals surface area (Å²) >= 11 is 0. The molecule has 0 aliphatic heterocycles. The molecular formula is C34H66O2. The fourth-order valence-corrected chi connectivity index (χ4v) is 4.84. The van der Waals surface area contributed by atoms with Gasteiger partial charge in [-0.1, -0.05) is 155 Å². The summed E-state index contributed by atoms with van der Waals surface area (Å²) in [4.78, 5) is 11.9. The van der Waals surface area contributed by atoms with Gasteiger partial charge in [0.15, 0.2) is 0 Å². The molecule has 0 unspecified atom stereocenters.